The van der Waals surface area contributed by atoms with E-state index >= 15 is 13.7 Å². The average Bonchev–Trinajstić information content (AvgIpc) is 3.11. The van der Waals surface area contributed by atoms with Gasteiger partial charge in [-0.25, -0.2) is 4.57 Å². The summed E-state index contributed by atoms with van der Waals surface area (Å²) in [4.78, 5) is 0. The highest BCUT2D eigenvalue weighted by molar-refractivity contribution is 7.85. The minimum absolute atomic E-state index is 0.262. The van der Waals surface area contributed by atoms with Crippen LogP contribution in [0.2, 0.25) is 0 Å². The number of para-hydroxylation sites is 3. The molecule has 0 saturated heterocycles. The summed E-state index contributed by atoms with van der Waals surface area (Å²) in [5.41, 5.74) is 2.22. The average molecular weight is 675 g/mol. The van der Waals surface area contributed by atoms with Gasteiger partial charge in [-0.1, -0.05) is 109 Å². The molecule has 0 fully saturated rings. The van der Waals surface area contributed by atoms with Crippen molar-refractivity contribution in [2.24, 2.45) is 0 Å². The molecule has 230 valence electrons. The Morgan fingerprint density at radius 3 is 1.15 bits per heavy atom. The number of fused-ring (bicyclic) bond motifs is 9. The smallest absolute Gasteiger partial charge is 0.412 e. The maximum absolute atomic E-state index is 15.9. The molecule has 0 aliphatic carbocycles. The molecule has 6 aromatic rings. The lowest BCUT2D eigenvalue weighted by atomic mass is 10.0. The Morgan fingerprint density at radius 1 is 0.383 bits per heavy atom. The molecule has 0 bridgehead atoms. The second-order valence-electron chi connectivity index (χ2n) is 11.4. The Morgan fingerprint density at radius 2 is 0.702 bits per heavy atom. The molecule has 9 rings (SSSR count). The first-order chi connectivity index (χ1) is 22.9. The van der Waals surface area contributed by atoms with Crippen LogP contribution >= 0.6 is 22.3 Å². The number of benzene rings is 6. The van der Waals surface area contributed by atoms with Gasteiger partial charge in [0, 0.05) is 22.3 Å². The van der Waals surface area contributed by atoms with E-state index in [1.54, 1.807) is 72.8 Å². The molecule has 0 aromatic heterocycles. The molecule has 7 nitrogen and oxygen atoms in total. The molecular formula is C37H25O7P3. The second-order valence-corrected chi connectivity index (χ2v) is 18.4. The first-order valence-corrected chi connectivity index (χ1v) is 20.0. The van der Waals surface area contributed by atoms with Gasteiger partial charge in [-0.05, 0) is 47.5 Å². The Hall–Kier alpha value is -4.63. The highest BCUT2D eigenvalue weighted by Crippen LogP contribution is 2.75. The fraction of sp³-hybridized carbons (Fsp3) is 0.0270. The number of hydrogen-bond donors (Lipinski definition) is 0. The van der Waals surface area contributed by atoms with Gasteiger partial charge in [0.05, 0.1) is 15.9 Å². The molecule has 47 heavy (non-hydrogen) atoms. The molecule has 0 N–H and O–H groups in total. The zero-order chi connectivity index (χ0) is 31.8. The van der Waals surface area contributed by atoms with Crippen molar-refractivity contribution >= 4 is 38.2 Å². The van der Waals surface area contributed by atoms with Crippen LogP contribution in [-0.2, 0) is 18.2 Å². The van der Waals surface area contributed by atoms with Gasteiger partial charge in [-0.15, -0.1) is 0 Å². The monoisotopic (exact) mass is 674 g/mol. The van der Waals surface area contributed by atoms with Gasteiger partial charge in [0.2, 0.25) is 5.59 Å². The molecule has 0 radical (unpaired) electrons. The van der Waals surface area contributed by atoms with Crippen LogP contribution in [0.15, 0.2) is 146 Å². The fourth-order valence-electron chi connectivity index (χ4n) is 6.62. The van der Waals surface area contributed by atoms with Crippen molar-refractivity contribution in [3.8, 4) is 50.6 Å². The number of rotatable bonds is 4. The first kappa shape index (κ1) is 28.6. The van der Waals surface area contributed by atoms with E-state index in [0.717, 1.165) is 16.7 Å². The molecule has 3 aliphatic rings. The van der Waals surface area contributed by atoms with Crippen LogP contribution in [0.3, 0.4) is 0 Å². The molecule has 0 saturated carbocycles. The van der Waals surface area contributed by atoms with Crippen LogP contribution < -0.4 is 29.5 Å². The van der Waals surface area contributed by atoms with Gasteiger partial charge < -0.3 is 13.6 Å². The van der Waals surface area contributed by atoms with Crippen LogP contribution in [0.5, 0.6) is 17.2 Å². The van der Waals surface area contributed by atoms with Gasteiger partial charge >= 0.3 is 22.3 Å². The van der Waals surface area contributed by atoms with Crippen molar-refractivity contribution in [2.45, 2.75) is 5.59 Å². The summed E-state index contributed by atoms with van der Waals surface area (Å²) in [5, 5.41) is 0.839. The minimum atomic E-state index is -4.42. The molecule has 0 spiro atoms. The third-order valence-corrected chi connectivity index (χ3v) is 17.2. The first-order valence-electron chi connectivity index (χ1n) is 15.0. The lowest BCUT2D eigenvalue weighted by molar-refractivity contribution is 0.267. The Kier molecular flexibility index (Phi) is 6.35. The third kappa shape index (κ3) is 4.21. The summed E-state index contributed by atoms with van der Waals surface area (Å²) in [6, 6.07) is 42.9. The molecule has 3 heterocycles. The summed E-state index contributed by atoms with van der Waals surface area (Å²) in [6.45, 7) is 0. The molecule has 3 atom stereocenters. The predicted octanol–water partition coefficient (Wildman–Crippen LogP) is 9.19. The highest BCUT2D eigenvalue weighted by Gasteiger charge is 2.61. The molecule has 3 unspecified atom stereocenters. The summed E-state index contributed by atoms with van der Waals surface area (Å²) in [7, 11) is -13.2. The van der Waals surface area contributed by atoms with E-state index in [9.17, 15) is 0 Å². The second kappa shape index (κ2) is 10.4. The Bertz CT molecular complexity index is 2290. The van der Waals surface area contributed by atoms with Gasteiger partial charge in [0.25, 0.3) is 0 Å². The van der Waals surface area contributed by atoms with E-state index in [1.165, 1.54) is 0 Å². The molecule has 10 heteroatoms. The van der Waals surface area contributed by atoms with Crippen molar-refractivity contribution in [3.63, 3.8) is 0 Å². The van der Waals surface area contributed by atoms with E-state index < -0.39 is 27.9 Å². The van der Waals surface area contributed by atoms with Crippen LogP contribution in [-0.4, -0.2) is 5.59 Å². The lowest BCUT2D eigenvalue weighted by Gasteiger charge is -2.40. The Labute approximate surface area is 271 Å². The van der Waals surface area contributed by atoms with Gasteiger partial charge in [-0.3, -0.25) is 13.7 Å². The molecular weight excluding hydrogens is 649 g/mol. The normalized spacial score (nSPS) is 23.5. The standard InChI is InChI=1S/C37H25O7P3/c38-45(34-22-10-4-16-28(34)25-13-1-7-19-31(25)41-45)37(46(39)35-23-11-5-17-29(35)26-14-2-8-20-32(26)42-46)44-47(40)36-24-12-6-18-30(36)27-15-3-9-21-33(27)43-47/h1-24,37H. The zero-order valence-corrected chi connectivity index (χ0v) is 27.3. The van der Waals surface area contributed by atoms with Crippen molar-refractivity contribution in [1.29, 1.82) is 0 Å². The van der Waals surface area contributed by atoms with Crippen LogP contribution in [0.25, 0.3) is 33.4 Å². The van der Waals surface area contributed by atoms with Crippen molar-refractivity contribution in [3.05, 3.63) is 146 Å². The van der Waals surface area contributed by atoms with E-state index in [2.05, 4.69) is 0 Å². The molecule has 6 aromatic carbocycles. The van der Waals surface area contributed by atoms with E-state index in [0.29, 0.717) is 33.9 Å². The minimum Gasteiger partial charge on any atom is -0.437 e. The quantitative estimate of drug-likeness (QED) is 0.172. The Balaban J connectivity index is 1.31. The van der Waals surface area contributed by atoms with Crippen molar-refractivity contribution in [2.75, 3.05) is 0 Å². The van der Waals surface area contributed by atoms with Gasteiger partial charge in [0.1, 0.15) is 17.2 Å². The summed E-state index contributed by atoms with van der Waals surface area (Å²) < 4.78 is 73.0. The topological polar surface area (TPSA) is 88.1 Å². The van der Waals surface area contributed by atoms with E-state index in [4.69, 9.17) is 18.1 Å². The number of hydrogen-bond acceptors (Lipinski definition) is 7. The molecule has 3 aliphatic heterocycles. The van der Waals surface area contributed by atoms with Crippen molar-refractivity contribution < 1.29 is 31.8 Å². The lowest BCUT2D eigenvalue weighted by Crippen LogP contribution is -2.35. The van der Waals surface area contributed by atoms with E-state index in [-0.39, 0.29) is 15.9 Å². The van der Waals surface area contributed by atoms with Crippen molar-refractivity contribution in [1.82, 2.24) is 0 Å². The zero-order valence-electron chi connectivity index (χ0n) is 24.6. The van der Waals surface area contributed by atoms with Gasteiger partial charge in [-0.2, -0.15) is 0 Å². The fourth-order valence-corrected chi connectivity index (χ4v) is 16.1. The summed E-state index contributed by atoms with van der Waals surface area (Å²) in [6.07, 6.45) is 0. The van der Waals surface area contributed by atoms with Crippen LogP contribution in [0, 0.1) is 0 Å². The van der Waals surface area contributed by atoms with Gasteiger partial charge in [0.15, 0.2) is 0 Å². The van der Waals surface area contributed by atoms with Crippen LogP contribution in [0.4, 0.5) is 0 Å². The van der Waals surface area contributed by atoms with E-state index in [1.807, 2.05) is 72.8 Å². The molecule has 0 amide bonds. The predicted molar refractivity (Wildman–Crippen MR) is 184 cm³/mol. The third-order valence-electron chi connectivity index (χ3n) is 8.71. The SMILES string of the molecule is O=P1(OC(P2(=O)Oc3ccccc3-c3ccccc32)P2(=O)Oc3ccccc3-c3ccccc32)Oc2ccccc2-c2ccccc21. The summed E-state index contributed by atoms with van der Waals surface area (Å²) in [5.74, 6) is 0.985. The maximum atomic E-state index is 15.9. The van der Waals surface area contributed by atoms with Crippen LogP contribution in [0.1, 0.15) is 0 Å². The summed E-state index contributed by atoms with van der Waals surface area (Å²) >= 11 is 0. The largest absolute Gasteiger partial charge is 0.437 e. The highest BCUT2D eigenvalue weighted by atomic mass is 31.2. The maximum Gasteiger partial charge on any atom is 0.412 e.